The van der Waals surface area contributed by atoms with Crippen LogP contribution in [0.1, 0.15) is 18.0 Å². The van der Waals surface area contributed by atoms with Crippen molar-refractivity contribution in [2.45, 2.75) is 12.5 Å². The summed E-state index contributed by atoms with van der Waals surface area (Å²) in [7, 11) is -2.44. The lowest BCUT2D eigenvalue weighted by Crippen LogP contribution is -2.33. The third kappa shape index (κ3) is 4.38. The molecule has 0 radical (unpaired) electrons. The van der Waals surface area contributed by atoms with E-state index in [1.54, 1.807) is 30.3 Å². The largest absolute Gasteiger partial charge is 0.479 e. The molecule has 0 unspecified atom stereocenters. The Morgan fingerprint density at radius 1 is 1.28 bits per heavy atom. The lowest BCUT2D eigenvalue weighted by atomic mass is 10.1. The fourth-order valence-corrected chi connectivity index (χ4v) is 1.58. The number of carboxylic acid groups (broad SMARTS) is 1. The molecule has 96 valence electrons. The lowest BCUT2D eigenvalue weighted by molar-refractivity contribution is -0.141. The molecule has 0 bridgehead atoms. The minimum Gasteiger partial charge on any atom is -0.479 e. The van der Waals surface area contributed by atoms with Crippen molar-refractivity contribution in [3.63, 3.8) is 0 Å². The zero-order valence-corrected chi connectivity index (χ0v) is 10.1. The van der Waals surface area contributed by atoms with Gasteiger partial charge in [-0.2, -0.15) is 8.42 Å². The number of aliphatic carboxylic acids is 1. The Kier molecular flexibility index (Phi) is 5.06. The molecule has 0 fully saturated rings. The van der Waals surface area contributed by atoms with Gasteiger partial charge >= 0.3 is 5.97 Å². The third-order valence-electron chi connectivity index (χ3n) is 2.09. The van der Waals surface area contributed by atoms with Crippen LogP contribution in [0.25, 0.3) is 0 Å². The van der Waals surface area contributed by atoms with Crippen molar-refractivity contribution in [1.29, 1.82) is 0 Å². The smallest absolute Gasteiger partial charge is 0.330 e. The molecule has 0 aliphatic carbocycles. The number of hydrogen-bond acceptors (Lipinski definition) is 4. The molecule has 0 aliphatic heterocycles. The first kappa shape index (κ1) is 13.9. The van der Waals surface area contributed by atoms with Gasteiger partial charge in [-0.05, 0) is 5.56 Å². The minimum atomic E-state index is -2.44. The maximum Gasteiger partial charge on any atom is 0.330 e. The molecule has 0 heterocycles. The van der Waals surface area contributed by atoms with Gasteiger partial charge in [-0.3, -0.25) is 4.79 Å². The van der Waals surface area contributed by atoms with Crippen molar-refractivity contribution >= 4 is 27.5 Å². The molecule has 0 aliphatic rings. The Labute approximate surface area is 105 Å². The van der Waals surface area contributed by atoms with E-state index < -0.39 is 28.2 Å². The average molecular weight is 269 g/mol. The van der Waals surface area contributed by atoms with E-state index in [-0.39, 0.29) is 6.42 Å². The van der Waals surface area contributed by atoms with Crippen LogP contribution in [0.2, 0.25) is 0 Å². The number of amides is 1. The minimum absolute atomic E-state index is 0.382. The van der Waals surface area contributed by atoms with Crippen LogP contribution in [-0.2, 0) is 19.9 Å². The van der Waals surface area contributed by atoms with Crippen molar-refractivity contribution in [2.75, 3.05) is 0 Å². The number of benzene rings is 1. The molecule has 1 aromatic carbocycles. The molecule has 7 heteroatoms. The summed E-state index contributed by atoms with van der Waals surface area (Å²) in [6.45, 7) is 0. The number of rotatable bonds is 5. The van der Waals surface area contributed by atoms with E-state index in [0.29, 0.717) is 5.56 Å². The van der Waals surface area contributed by atoms with Crippen molar-refractivity contribution in [3.05, 3.63) is 35.9 Å². The molecule has 6 nitrogen and oxygen atoms in total. The summed E-state index contributed by atoms with van der Waals surface area (Å²) < 4.78 is 20.5. The molecule has 0 saturated carbocycles. The van der Waals surface area contributed by atoms with E-state index in [0.717, 1.165) is 5.37 Å². The number of carboxylic acids is 1. The summed E-state index contributed by atoms with van der Waals surface area (Å²) in [4.78, 5) is 22.4. The molecule has 18 heavy (non-hydrogen) atoms. The van der Waals surface area contributed by atoms with Crippen LogP contribution in [0.4, 0.5) is 0 Å². The van der Waals surface area contributed by atoms with Gasteiger partial charge < -0.3 is 10.4 Å². The summed E-state index contributed by atoms with van der Waals surface area (Å²) >= 11 is 0. The predicted molar refractivity (Wildman–Crippen MR) is 64.6 cm³/mol. The lowest BCUT2D eigenvalue weighted by Gasteiger charge is -2.13. The molecular formula is C11H11NO5S. The molecule has 1 aromatic rings. The molecule has 0 spiro atoms. The fourth-order valence-electron chi connectivity index (χ4n) is 1.30. The highest BCUT2D eigenvalue weighted by Gasteiger charge is 2.21. The maximum absolute atomic E-state index is 11.4. The molecule has 0 saturated heterocycles. The second kappa shape index (κ2) is 6.55. The number of hydrogen-bond donors (Lipinski definition) is 2. The summed E-state index contributed by atoms with van der Waals surface area (Å²) in [6, 6.07) is 6.96. The van der Waals surface area contributed by atoms with Gasteiger partial charge in [0.05, 0.1) is 6.42 Å². The Morgan fingerprint density at radius 2 is 1.89 bits per heavy atom. The highest BCUT2D eigenvalue weighted by atomic mass is 32.2. The van der Waals surface area contributed by atoms with E-state index in [9.17, 15) is 18.0 Å². The van der Waals surface area contributed by atoms with E-state index >= 15 is 0 Å². The zero-order chi connectivity index (χ0) is 13.5. The Bertz CT molecular complexity index is 556. The summed E-state index contributed by atoms with van der Waals surface area (Å²) in [5.41, 5.74) is 0.418. The molecule has 1 amide bonds. The fraction of sp³-hybridized carbons (Fsp3) is 0.182. The van der Waals surface area contributed by atoms with Crippen molar-refractivity contribution < 1.29 is 23.1 Å². The first-order valence-corrected chi connectivity index (χ1v) is 6.13. The van der Waals surface area contributed by atoms with E-state index in [4.69, 9.17) is 5.11 Å². The van der Waals surface area contributed by atoms with Gasteiger partial charge in [0, 0.05) is 5.37 Å². The SMILES string of the molecule is O=C(CC=S(=O)=O)N[C@@H](C(=O)O)c1ccccc1. The number of carbonyl (C=O) groups excluding carboxylic acids is 1. The maximum atomic E-state index is 11.4. The number of nitrogens with one attached hydrogen (secondary N) is 1. The topological polar surface area (TPSA) is 101 Å². The summed E-state index contributed by atoms with van der Waals surface area (Å²) in [5.74, 6) is -1.88. The second-order valence-electron chi connectivity index (χ2n) is 3.38. The van der Waals surface area contributed by atoms with Crippen LogP contribution >= 0.6 is 0 Å². The van der Waals surface area contributed by atoms with Gasteiger partial charge in [-0.15, -0.1) is 0 Å². The highest BCUT2D eigenvalue weighted by Crippen LogP contribution is 2.12. The molecular weight excluding hydrogens is 258 g/mol. The third-order valence-corrected chi connectivity index (χ3v) is 2.53. The molecule has 1 rings (SSSR count). The first-order valence-electron chi connectivity index (χ1n) is 4.99. The standard InChI is InChI=1S/C11H11NO5S/c13-9(6-7-18(16)17)12-10(11(14)15)8-4-2-1-3-5-8/h1-5,7,10H,6H2,(H,12,13)(H,14,15)/t10-/m1/s1. The van der Waals surface area contributed by atoms with Crippen LogP contribution in [0.15, 0.2) is 30.3 Å². The van der Waals surface area contributed by atoms with Crippen LogP contribution in [0.3, 0.4) is 0 Å². The monoisotopic (exact) mass is 269 g/mol. The Morgan fingerprint density at radius 3 is 2.39 bits per heavy atom. The zero-order valence-electron chi connectivity index (χ0n) is 9.24. The van der Waals surface area contributed by atoms with Gasteiger partial charge in [0.25, 0.3) is 0 Å². The van der Waals surface area contributed by atoms with Crippen molar-refractivity contribution in [2.24, 2.45) is 0 Å². The Hall–Kier alpha value is -2.15. The molecule has 0 aromatic heterocycles. The normalized spacial score (nSPS) is 11.3. The molecule has 2 N–H and O–H groups in total. The molecule has 1 atom stereocenters. The van der Waals surface area contributed by atoms with Gasteiger partial charge in [0.2, 0.25) is 16.2 Å². The van der Waals surface area contributed by atoms with Crippen LogP contribution < -0.4 is 5.32 Å². The van der Waals surface area contributed by atoms with E-state index in [1.165, 1.54) is 0 Å². The van der Waals surface area contributed by atoms with E-state index in [2.05, 4.69) is 5.32 Å². The summed E-state index contributed by atoms with van der Waals surface area (Å²) in [6.07, 6.45) is -0.382. The second-order valence-corrected chi connectivity index (χ2v) is 4.24. The quantitative estimate of drug-likeness (QED) is 0.733. The van der Waals surface area contributed by atoms with Gasteiger partial charge in [0.1, 0.15) is 0 Å². The van der Waals surface area contributed by atoms with Crippen molar-refractivity contribution in [3.8, 4) is 0 Å². The van der Waals surface area contributed by atoms with Crippen LogP contribution in [0, 0.1) is 0 Å². The average Bonchev–Trinajstić information content (AvgIpc) is 2.34. The Balaban J connectivity index is 2.80. The number of carbonyl (C=O) groups is 2. The van der Waals surface area contributed by atoms with Crippen molar-refractivity contribution in [1.82, 2.24) is 5.32 Å². The first-order chi connectivity index (χ1) is 8.50. The van der Waals surface area contributed by atoms with Gasteiger partial charge in [-0.25, -0.2) is 4.79 Å². The summed E-state index contributed by atoms with van der Waals surface area (Å²) in [5, 5.41) is 12.0. The van der Waals surface area contributed by atoms with Gasteiger partial charge in [-0.1, -0.05) is 30.3 Å². The predicted octanol–water partition coefficient (Wildman–Crippen LogP) is -0.0001000. The van der Waals surface area contributed by atoms with Gasteiger partial charge in [0.15, 0.2) is 6.04 Å². The highest BCUT2D eigenvalue weighted by molar-refractivity contribution is 7.71. The van der Waals surface area contributed by atoms with E-state index in [1.807, 2.05) is 0 Å². The van der Waals surface area contributed by atoms with Crippen LogP contribution in [0.5, 0.6) is 0 Å². The van der Waals surface area contributed by atoms with Crippen LogP contribution in [-0.4, -0.2) is 30.8 Å².